The summed E-state index contributed by atoms with van der Waals surface area (Å²) in [5.41, 5.74) is 0.800. The van der Waals surface area contributed by atoms with Crippen molar-refractivity contribution in [3.8, 4) is 0 Å². The van der Waals surface area contributed by atoms with Crippen LogP contribution in [-0.4, -0.2) is 23.5 Å². The zero-order valence-electron chi connectivity index (χ0n) is 7.59. The highest BCUT2D eigenvalue weighted by Crippen LogP contribution is 2.06. The number of pyridine rings is 1. The molecule has 72 valence electrons. The highest BCUT2D eigenvalue weighted by Gasteiger charge is 1.94. The van der Waals surface area contributed by atoms with Gasteiger partial charge in [-0.3, -0.25) is 0 Å². The fraction of sp³-hybridized carbons (Fsp3) is 0.444. The molecule has 0 fully saturated rings. The molecule has 1 rings (SSSR count). The minimum absolute atomic E-state index is 0.435. The van der Waals surface area contributed by atoms with Crippen molar-refractivity contribution in [3.05, 3.63) is 24.3 Å². The van der Waals surface area contributed by atoms with E-state index >= 15 is 0 Å². The van der Waals surface area contributed by atoms with Gasteiger partial charge in [0.05, 0.1) is 0 Å². The van der Waals surface area contributed by atoms with Crippen LogP contribution in [-0.2, 0) is 0 Å². The molecule has 2 nitrogen and oxygen atoms in total. The molecule has 4 heteroatoms. The Hall–Kier alpha value is -0.770. The first-order valence-electron chi connectivity index (χ1n) is 4.17. The summed E-state index contributed by atoms with van der Waals surface area (Å²) in [6.07, 6.45) is 4.63. The van der Waals surface area contributed by atoms with Crippen LogP contribution in [0.5, 0.6) is 0 Å². The average molecular weight is 200 g/mol. The number of aromatic nitrogens is 1. The van der Waals surface area contributed by atoms with Crippen LogP contribution in [0.3, 0.4) is 0 Å². The van der Waals surface area contributed by atoms with E-state index in [1.165, 1.54) is 12.3 Å². The van der Waals surface area contributed by atoms with E-state index in [0.29, 0.717) is 0 Å². The molecule has 0 aliphatic heterocycles. The molecular weight excluding hydrogens is 187 g/mol. The number of nitrogens with zero attached hydrogens (tertiary/aromatic N) is 1. The van der Waals surface area contributed by atoms with Crippen LogP contribution in [0.25, 0.3) is 0 Å². The van der Waals surface area contributed by atoms with E-state index in [1.54, 1.807) is 6.07 Å². The predicted molar refractivity (Wildman–Crippen MR) is 55.7 cm³/mol. The summed E-state index contributed by atoms with van der Waals surface area (Å²) < 4.78 is 12.6. The lowest BCUT2D eigenvalue weighted by atomic mass is 10.4. The zero-order valence-corrected chi connectivity index (χ0v) is 8.40. The minimum atomic E-state index is -0.435. The fourth-order valence-electron chi connectivity index (χ4n) is 0.962. The van der Waals surface area contributed by atoms with Gasteiger partial charge in [0.25, 0.3) is 0 Å². The highest BCUT2D eigenvalue weighted by atomic mass is 32.2. The van der Waals surface area contributed by atoms with Crippen LogP contribution in [0.1, 0.15) is 6.42 Å². The quantitative estimate of drug-likeness (QED) is 0.583. The number of halogens is 1. The number of hydrogen-bond acceptors (Lipinski definition) is 3. The standard InChI is InChI=1S/C9H13FN2S/c1-13-6-2-4-11-8-3-5-12-9(10)7-8/h3,5,7H,2,4,6H2,1H3,(H,11,12). The predicted octanol–water partition coefficient (Wildman–Crippen LogP) is 2.39. The number of rotatable bonds is 5. The Morgan fingerprint density at radius 2 is 2.46 bits per heavy atom. The van der Waals surface area contributed by atoms with Crippen LogP contribution >= 0.6 is 11.8 Å². The maximum atomic E-state index is 12.6. The van der Waals surface area contributed by atoms with Crippen molar-refractivity contribution in [1.82, 2.24) is 4.98 Å². The molecule has 1 N–H and O–H groups in total. The van der Waals surface area contributed by atoms with Crippen molar-refractivity contribution in [2.45, 2.75) is 6.42 Å². The van der Waals surface area contributed by atoms with Gasteiger partial charge in [-0.25, -0.2) is 4.98 Å². The second-order valence-corrected chi connectivity index (χ2v) is 3.63. The van der Waals surface area contributed by atoms with Crippen molar-refractivity contribution >= 4 is 17.4 Å². The Morgan fingerprint density at radius 1 is 1.62 bits per heavy atom. The van der Waals surface area contributed by atoms with E-state index in [2.05, 4.69) is 16.6 Å². The maximum Gasteiger partial charge on any atom is 0.214 e. The molecule has 0 bridgehead atoms. The molecule has 13 heavy (non-hydrogen) atoms. The molecular formula is C9H13FN2S. The first kappa shape index (κ1) is 10.3. The van der Waals surface area contributed by atoms with E-state index in [0.717, 1.165) is 24.4 Å². The van der Waals surface area contributed by atoms with Gasteiger partial charge in [-0.2, -0.15) is 16.2 Å². The van der Waals surface area contributed by atoms with Gasteiger partial charge < -0.3 is 5.32 Å². The Labute approximate surface area is 81.9 Å². The Morgan fingerprint density at radius 3 is 3.15 bits per heavy atom. The number of anilines is 1. The van der Waals surface area contributed by atoms with E-state index in [9.17, 15) is 4.39 Å². The van der Waals surface area contributed by atoms with E-state index in [1.807, 2.05) is 11.8 Å². The molecule has 0 unspecified atom stereocenters. The molecule has 1 heterocycles. The highest BCUT2D eigenvalue weighted by molar-refractivity contribution is 7.98. The molecule has 0 aliphatic carbocycles. The van der Waals surface area contributed by atoms with Crippen molar-refractivity contribution in [1.29, 1.82) is 0 Å². The smallest absolute Gasteiger partial charge is 0.214 e. The Bertz CT molecular complexity index is 255. The van der Waals surface area contributed by atoms with Crippen LogP contribution in [0.2, 0.25) is 0 Å². The van der Waals surface area contributed by atoms with Gasteiger partial charge >= 0.3 is 0 Å². The van der Waals surface area contributed by atoms with Crippen LogP contribution in [0, 0.1) is 5.95 Å². The van der Waals surface area contributed by atoms with Gasteiger partial charge in [0.15, 0.2) is 0 Å². The van der Waals surface area contributed by atoms with Gasteiger partial charge in [0, 0.05) is 24.5 Å². The lowest BCUT2D eigenvalue weighted by molar-refractivity contribution is 0.584. The summed E-state index contributed by atoms with van der Waals surface area (Å²) in [5.74, 6) is 0.690. The third kappa shape index (κ3) is 4.12. The Balaban J connectivity index is 2.28. The molecule has 0 saturated carbocycles. The lowest BCUT2D eigenvalue weighted by Crippen LogP contribution is -2.02. The molecule has 0 saturated heterocycles. The molecule has 0 aromatic carbocycles. The van der Waals surface area contributed by atoms with E-state index in [-0.39, 0.29) is 0 Å². The average Bonchev–Trinajstić information content (AvgIpc) is 2.13. The Kier molecular flexibility index (Phi) is 4.60. The molecule has 0 atom stereocenters. The summed E-state index contributed by atoms with van der Waals surface area (Å²) in [6, 6.07) is 3.17. The SMILES string of the molecule is CSCCCNc1ccnc(F)c1. The number of hydrogen-bond donors (Lipinski definition) is 1. The van der Waals surface area contributed by atoms with E-state index in [4.69, 9.17) is 0 Å². The maximum absolute atomic E-state index is 12.6. The summed E-state index contributed by atoms with van der Waals surface area (Å²) in [5, 5.41) is 3.13. The third-order valence-electron chi connectivity index (χ3n) is 1.58. The monoisotopic (exact) mass is 200 g/mol. The van der Waals surface area contributed by atoms with Crippen molar-refractivity contribution < 1.29 is 4.39 Å². The summed E-state index contributed by atoms with van der Waals surface area (Å²) >= 11 is 1.81. The lowest BCUT2D eigenvalue weighted by Gasteiger charge is -2.04. The summed E-state index contributed by atoms with van der Waals surface area (Å²) in [7, 11) is 0. The normalized spacial score (nSPS) is 10.0. The summed E-state index contributed by atoms with van der Waals surface area (Å²) in [4.78, 5) is 3.47. The van der Waals surface area contributed by atoms with E-state index < -0.39 is 5.95 Å². The van der Waals surface area contributed by atoms with Crippen molar-refractivity contribution in [2.24, 2.45) is 0 Å². The molecule has 0 aliphatic rings. The van der Waals surface area contributed by atoms with Crippen LogP contribution < -0.4 is 5.32 Å². The fourth-order valence-corrected chi connectivity index (χ4v) is 1.39. The molecule has 1 aromatic heterocycles. The van der Waals surface area contributed by atoms with Gasteiger partial charge in [-0.1, -0.05) is 0 Å². The zero-order chi connectivity index (χ0) is 9.52. The largest absolute Gasteiger partial charge is 0.385 e. The number of thioether (sulfide) groups is 1. The number of nitrogens with one attached hydrogen (secondary N) is 1. The second-order valence-electron chi connectivity index (χ2n) is 2.64. The van der Waals surface area contributed by atoms with Gasteiger partial charge in [-0.15, -0.1) is 0 Å². The van der Waals surface area contributed by atoms with Crippen LogP contribution in [0.4, 0.5) is 10.1 Å². The van der Waals surface area contributed by atoms with Gasteiger partial charge in [0.2, 0.25) is 5.95 Å². The minimum Gasteiger partial charge on any atom is -0.385 e. The topological polar surface area (TPSA) is 24.9 Å². The molecule has 0 spiro atoms. The van der Waals surface area contributed by atoms with Gasteiger partial charge in [0.1, 0.15) is 0 Å². The van der Waals surface area contributed by atoms with Crippen molar-refractivity contribution in [2.75, 3.05) is 23.9 Å². The van der Waals surface area contributed by atoms with Crippen LogP contribution in [0.15, 0.2) is 18.3 Å². The molecule has 0 amide bonds. The first-order chi connectivity index (χ1) is 6.33. The molecule has 0 radical (unpaired) electrons. The first-order valence-corrected chi connectivity index (χ1v) is 5.56. The van der Waals surface area contributed by atoms with Crippen molar-refractivity contribution in [3.63, 3.8) is 0 Å². The third-order valence-corrected chi connectivity index (χ3v) is 2.28. The molecule has 1 aromatic rings. The van der Waals surface area contributed by atoms with Gasteiger partial charge in [-0.05, 0) is 24.5 Å². The second kappa shape index (κ2) is 5.80. The summed E-state index contributed by atoms with van der Waals surface area (Å²) in [6.45, 7) is 0.879.